The van der Waals surface area contributed by atoms with E-state index in [4.69, 9.17) is 11.6 Å². The molecule has 3 nitrogen and oxygen atoms in total. The van der Waals surface area contributed by atoms with Crippen LogP contribution in [0.25, 0.3) is 0 Å². The maximum atomic E-state index is 5.99. The van der Waals surface area contributed by atoms with Crippen molar-refractivity contribution in [2.75, 3.05) is 11.9 Å². The SMILES string of the molecule is CC1CCCCC1CNc1ncncc1Cl. The average molecular weight is 240 g/mol. The van der Waals surface area contributed by atoms with Crippen LogP contribution >= 0.6 is 11.6 Å². The highest BCUT2D eigenvalue weighted by molar-refractivity contribution is 6.32. The van der Waals surface area contributed by atoms with E-state index in [-0.39, 0.29) is 0 Å². The zero-order valence-electron chi connectivity index (χ0n) is 9.62. The Bertz CT molecular complexity index is 343. The molecule has 0 aromatic carbocycles. The Morgan fingerprint density at radius 1 is 1.44 bits per heavy atom. The van der Waals surface area contributed by atoms with E-state index in [2.05, 4.69) is 22.2 Å². The van der Waals surface area contributed by atoms with Gasteiger partial charge in [0.05, 0.1) is 6.20 Å². The second-order valence-corrected chi connectivity index (χ2v) is 5.03. The number of hydrogen-bond donors (Lipinski definition) is 1. The zero-order valence-corrected chi connectivity index (χ0v) is 10.4. The fraction of sp³-hybridized carbons (Fsp3) is 0.667. The highest BCUT2D eigenvalue weighted by atomic mass is 35.5. The molecule has 1 fully saturated rings. The molecule has 16 heavy (non-hydrogen) atoms. The molecule has 1 heterocycles. The van der Waals surface area contributed by atoms with Crippen LogP contribution in [0.1, 0.15) is 32.6 Å². The Labute approximate surface area is 102 Å². The van der Waals surface area contributed by atoms with Crippen molar-refractivity contribution >= 4 is 17.4 Å². The Morgan fingerprint density at radius 2 is 2.25 bits per heavy atom. The van der Waals surface area contributed by atoms with Crippen LogP contribution in [-0.4, -0.2) is 16.5 Å². The van der Waals surface area contributed by atoms with E-state index in [0.29, 0.717) is 5.02 Å². The van der Waals surface area contributed by atoms with Gasteiger partial charge >= 0.3 is 0 Å². The van der Waals surface area contributed by atoms with E-state index >= 15 is 0 Å². The highest BCUT2D eigenvalue weighted by Crippen LogP contribution is 2.30. The summed E-state index contributed by atoms with van der Waals surface area (Å²) in [7, 11) is 0. The Balaban J connectivity index is 1.89. The second-order valence-electron chi connectivity index (χ2n) is 4.62. The first-order valence-corrected chi connectivity index (χ1v) is 6.34. The number of halogens is 1. The minimum Gasteiger partial charge on any atom is -0.368 e. The van der Waals surface area contributed by atoms with Gasteiger partial charge in [0, 0.05) is 6.54 Å². The van der Waals surface area contributed by atoms with Crippen molar-refractivity contribution in [2.24, 2.45) is 11.8 Å². The number of anilines is 1. The van der Waals surface area contributed by atoms with Crippen molar-refractivity contribution in [3.05, 3.63) is 17.5 Å². The van der Waals surface area contributed by atoms with Crippen LogP contribution in [0.15, 0.2) is 12.5 Å². The first-order chi connectivity index (χ1) is 7.77. The molecule has 1 aliphatic rings. The fourth-order valence-corrected chi connectivity index (χ4v) is 2.54. The zero-order chi connectivity index (χ0) is 11.4. The van der Waals surface area contributed by atoms with E-state index in [1.807, 2.05) is 0 Å². The van der Waals surface area contributed by atoms with Crippen molar-refractivity contribution in [1.82, 2.24) is 9.97 Å². The first-order valence-electron chi connectivity index (χ1n) is 5.96. The molecule has 2 atom stereocenters. The normalized spacial score (nSPS) is 25.4. The number of nitrogens with zero attached hydrogens (tertiary/aromatic N) is 2. The van der Waals surface area contributed by atoms with Gasteiger partial charge in [0.15, 0.2) is 0 Å². The topological polar surface area (TPSA) is 37.8 Å². The Hall–Kier alpha value is -0.830. The number of nitrogens with one attached hydrogen (secondary N) is 1. The van der Waals surface area contributed by atoms with Gasteiger partial charge < -0.3 is 5.32 Å². The predicted molar refractivity (Wildman–Crippen MR) is 66.7 cm³/mol. The van der Waals surface area contributed by atoms with E-state index in [1.165, 1.54) is 32.0 Å². The summed E-state index contributed by atoms with van der Waals surface area (Å²) in [6.45, 7) is 3.31. The van der Waals surface area contributed by atoms with Gasteiger partial charge in [-0.15, -0.1) is 0 Å². The Morgan fingerprint density at radius 3 is 3.00 bits per heavy atom. The van der Waals surface area contributed by atoms with E-state index in [0.717, 1.165) is 24.2 Å². The van der Waals surface area contributed by atoms with Gasteiger partial charge in [-0.05, 0) is 18.3 Å². The van der Waals surface area contributed by atoms with Gasteiger partial charge in [-0.3, -0.25) is 0 Å². The summed E-state index contributed by atoms with van der Waals surface area (Å²) >= 11 is 5.99. The molecule has 1 aliphatic carbocycles. The van der Waals surface area contributed by atoms with Gasteiger partial charge in [-0.2, -0.15) is 0 Å². The van der Waals surface area contributed by atoms with Crippen molar-refractivity contribution in [3.8, 4) is 0 Å². The third kappa shape index (κ3) is 2.85. The summed E-state index contributed by atoms with van der Waals surface area (Å²) in [5.41, 5.74) is 0. The maximum Gasteiger partial charge on any atom is 0.148 e. The van der Waals surface area contributed by atoms with Crippen LogP contribution in [0.4, 0.5) is 5.82 Å². The second kappa shape index (κ2) is 5.48. The lowest BCUT2D eigenvalue weighted by atomic mass is 9.80. The van der Waals surface area contributed by atoms with E-state index in [1.54, 1.807) is 6.20 Å². The van der Waals surface area contributed by atoms with E-state index in [9.17, 15) is 0 Å². The number of rotatable bonds is 3. The molecule has 1 saturated carbocycles. The molecule has 0 spiro atoms. The summed E-state index contributed by atoms with van der Waals surface area (Å²) in [5.74, 6) is 2.32. The molecule has 0 aliphatic heterocycles. The smallest absolute Gasteiger partial charge is 0.148 e. The largest absolute Gasteiger partial charge is 0.368 e. The minimum atomic E-state index is 0.603. The lowest BCUT2D eigenvalue weighted by molar-refractivity contribution is 0.268. The molecular weight excluding hydrogens is 222 g/mol. The molecule has 4 heteroatoms. The van der Waals surface area contributed by atoms with Gasteiger partial charge in [0.1, 0.15) is 17.2 Å². The highest BCUT2D eigenvalue weighted by Gasteiger charge is 2.21. The van der Waals surface area contributed by atoms with Crippen molar-refractivity contribution in [3.63, 3.8) is 0 Å². The van der Waals surface area contributed by atoms with Gasteiger partial charge in [0.2, 0.25) is 0 Å². The third-order valence-electron chi connectivity index (χ3n) is 3.49. The lowest BCUT2D eigenvalue weighted by Crippen LogP contribution is -2.24. The van der Waals surface area contributed by atoms with Crippen LogP contribution in [0.2, 0.25) is 5.02 Å². The molecule has 0 radical (unpaired) electrons. The van der Waals surface area contributed by atoms with Crippen molar-refractivity contribution in [1.29, 1.82) is 0 Å². The summed E-state index contributed by atoms with van der Waals surface area (Å²) in [6, 6.07) is 0. The van der Waals surface area contributed by atoms with Crippen LogP contribution in [0.3, 0.4) is 0 Å². The monoisotopic (exact) mass is 239 g/mol. The van der Waals surface area contributed by atoms with Gasteiger partial charge in [-0.25, -0.2) is 9.97 Å². The summed E-state index contributed by atoms with van der Waals surface area (Å²) in [6.07, 6.45) is 8.56. The van der Waals surface area contributed by atoms with Crippen LogP contribution in [0, 0.1) is 11.8 Å². The average Bonchev–Trinajstić information content (AvgIpc) is 2.30. The van der Waals surface area contributed by atoms with E-state index < -0.39 is 0 Å². The van der Waals surface area contributed by atoms with Crippen molar-refractivity contribution < 1.29 is 0 Å². The molecule has 0 bridgehead atoms. The quantitative estimate of drug-likeness (QED) is 0.879. The third-order valence-corrected chi connectivity index (χ3v) is 3.77. The molecule has 2 rings (SSSR count). The summed E-state index contributed by atoms with van der Waals surface area (Å²) < 4.78 is 0. The van der Waals surface area contributed by atoms with Crippen LogP contribution in [-0.2, 0) is 0 Å². The number of aromatic nitrogens is 2. The molecule has 1 aromatic rings. The lowest BCUT2D eigenvalue weighted by Gasteiger charge is -2.29. The molecule has 0 saturated heterocycles. The van der Waals surface area contributed by atoms with Crippen LogP contribution < -0.4 is 5.32 Å². The molecule has 88 valence electrons. The fourth-order valence-electron chi connectivity index (χ4n) is 2.37. The van der Waals surface area contributed by atoms with Crippen LogP contribution in [0.5, 0.6) is 0 Å². The molecule has 0 amide bonds. The standard InChI is InChI=1S/C12H18ClN3/c1-9-4-2-3-5-10(9)6-15-12-11(13)7-14-8-16-12/h7-10H,2-6H2,1H3,(H,14,15,16). The first kappa shape index (κ1) is 11.6. The molecule has 1 N–H and O–H groups in total. The molecular formula is C12H18ClN3. The van der Waals surface area contributed by atoms with Gasteiger partial charge in [0.25, 0.3) is 0 Å². The Kier molecular flexibility index (Phi) is 3.99. The summed E-state index contributed by atoms with van der Waals surface area (Å²) in [4.78, 5) is 8.01. The predicted octanol–water partition coefficient (Wildman–Crippen LogP) is 3.37. The summed E-state index contributed by atoms with van der Waals surface area (Å²) in [5, 5.41) is 3.93. The number of hydrogen-bond acceptors (Lipinski definition) is 3. The minimum absolute atomic E-state index is 0.603. The van der Waals surface area contributed by atoms with Crippen molar-refractivity contribution in [2.45, 2.75) is 32.6 Å². The maximum absolute atomic E-state index is 5.99. The molecule has 1 aromatic heterocycles. The molecule has 2 unspecified atom stereocenters. The van der Waals surface area contributed by atoms with Gasteiger partial charge in [-0.1, -0.05) is 37.8 Å².